The van der Waals surface area contributed by atoms with E-state index in [9.17, 15) is 4.79 Å². The van der Waals surface area contributed by atoms with Gasteiger partial charge in [0.15, 0.2) is 0 Å². The average Bonchev–Trinajstić information content (AvgIpc) is 2.97. The van der Waals surface area contributed by atoms with Crippen LogP contribution in [0, 0.1) is 11.3 Å². The zero-order chi connectivity index (χ0) is 16.9. The van der Waals surface area contributed by atoms with Gasteiger partial charge in [0.25, 0.3) is 0 Å². The number of anilines is 1. The van der Waals surface area contributed by atoms with Crippen molar-refractivity contribution in [2.75, 3.05) is 18.9 Å². The highest BCUT2D eigenvalue weighted by Gasteiger charge is 2.10. The maximum atomic E-state index is 12.1. The van der Waals surface area contributed by atoms with Gasteiger partial charge in [-0.05, 0) is 43.4 Å². The summed E-state index contributed by atoms with van der Waals surface area (Å²) < 4.78 is 1.16. The quantitative estimate of drug-likeness (QED) is 0.776. The Labute approximate surface area is 144 Å². The number of hydrogen-bond donors (Lipinski definition) is 1. The fourth-order valence-electron chi connectivity index (χ4n) is 2.35. The Morgan fingerprint density at radius 3 is 2.71 bits per heavy atom. The van der Waals surface area contributed by atoms with Gasteiger partial charge in [-0.1, -0.05) is 12.1 Å². The maximum absolute atomic E-state index is 12.1. The van der Waals surface area contributed by atoms with Gasteiger partial charge in [-0.3, -0.25) is 9.69 Å². The van der Waals surface area contributed by atoms with E-state index in [2.05, 4.69) is 16.4 Å². The van der Waals surface area contributed by atoms with Gasteiger partial charge in [0, 0.05) is 5.69 Å². The molecule has 1 amide bonds. The molecule has 0 saturated carbocycles. The van der Waals surface area contributed by atoms with Crippen LogP contribution in [-0.2, 0) is 11.3 Å². The minimum absolute atomic E-state index is 0.0941. The van der Waals surface area contributed by atoms with Crippen molar-refractivity contribution in [3.8, 4) is 6.07 Å². The zero-order valence-corrected chi connectivity index (χ0v) is 14.0. The smallest absolute Gasteiger partial charge is 0.238 e. The monoisotopic (exact) mass is 336 g/mol. The SMILES string of the molecule is CN(CC(=O)Nc1ccc(C#N)cc1)Cc1nc2ccccc2s1. The summed E-state index contributed by atoms with van der Waals surface area (Å²) in [6, 6.07) is 16.9. The molecule has 2 aromatic carbocycles. The molecular weight excluding hydrogens is 320 g/mol. The Balaban J connectivity index is 1.56. The number of nitrogens with one attached hydrogen (secondary N) is 1. The summed E-state index contributed by atoms with van der Waals surface area (Å²) in [5.41, 5.74) is 2.25. The van der Waals surface area contributed by atoms with Crippen LogP contribution >= 0.6 is 11.3 Å². The van der Waals surface area contributed by atoms with Crippen molar-refractivity contribution in [2.45, 2.75) is 6.54 Å². The van der Waals surface area contributed by atoms with Crippen LogP contribution in [0.2, 0.25) is 0 Å². The first-order valence-electron chi connectivity index (χ1n) is 7.47. The third kappa shape index (κ3) is 3.96. The molecule has 0 fully saturated rings. The Hall–Kier alpha value is -2.75. The lowest BCUT2D eigenvalue weighted by molar-refractivity contribution is -0.117. The zero-order valence-electron chi connectivity index (χ0n) is 13.2. The second-order valence-corrected chi connectivity index (χ2v) is 6.60. The molecule has 3 rings (SSSR count). The number of hydrogen-bond acceptors (Lipinski definition) is 5. The highest BCUT2D eigenvalue weighted by atomic mass is 32.1. The van der Waals surface area contributed by atoms with Crippen molar-refractivity contribution in [3.05, 3.63) is 59.1 Å². The van der Waals surface area contributed by atoms with E-state index in [-0.39, 0.29) is 12.5 Å². The van der Waals surface area contributed by atoms with E-state index in [1.165, 1.54) is 0 Å². The van der Waals surface area contributed by atoms with Gasteiger partial charge in [-0.2, -0.15) is 5.26 Å². The van der Waals surface area contributed by atoms with E-state index in [1.807, 2.05) is 36.2 Å². The van der Waals surface area contributed by atoms with E-state index in [0.717, 1.165) is 15.2 Å². The predicted molar refractivity (Wildman–Crippen MR) is 95.7 cm³/mol. The molecule has 6 heteroatoms. The van der Waals surface area contributed by atoms with Crippen LogP contribution in [0.3, 0.4) is 0 Å². The summed E-state index contributed by atoms with van der Waals surface area (Å²) in [7, 11) is 1.89. The molecule has 5 nitrogen and oxygen atoms in total. The Morgan fingerprint density at radius 2 is 2.00 bits per heavy atom. The molecule has 0 spiro atoms. The molecule has 1 N–H and O–H groups in total. The van der Waals surface area contributed by atoms with Crippen molar-refractivity contribution in [2.24, 2.45) is 0 Å². The van der Waals surface area contributed by atoms with E-state index in [0.29, 0.717) is 17.8 Å². The van der Waals surface area contributed by atoms with E-state index in [4.69, 9.17) is 5.26 Å². The predicted octanol–water partition coefficient (Wildman–Crippen LogP) is 3.24. The molecule has 0 saturated heterocycles. The number of likely N-dealkylation sites (N-methyl/N-ethyl adjacent to an activating group) is 1. The number of carbonyl (C=O) groups is 1. The minimum Gasteiger partial charge on any atom is -0.325 e. The van der Waals surface area contributed by atoms with Crippen molar-refractivity contribution < 1.29 is 4.79 Å². The maximum Gasteiger partial charge on any atom is 0.238 e. The lowest BCUT2D eigenvalue weighted by Gasteiger charge is -2.14. The Kier molecular flexibility index (Phi) is 4.85. The van der Waals surface area contributed by atoms with Crippen LogP contribution in [0.25, 0.3) is 10.2 Å². The number of amides is 1. The number of nitriles is 1. The number of para-hydroxylation sites is 1. The van der Waals surface area contributed by atoms with Crippen LogP contribution in [0.15, 0.2) is 48.5 Å². The molecule has 0 unspecified atom stereocenters. The topological polar surface area (TPSA) is 69.0 Å². The molecule has 1 aromatic heterocycles. The van der Waals surface area contributed by atoms with Crippen molar-refractivity contribution in [3.63, 3.8) is 0 Å². The second kappa shape index (κ2) is 7.21. The summed E-state index contributed by atoms with van der Waals surface area (Å²) in [6.45, 7) is 0.899. The van der Waals surface area contributed by atoms with Crippen molar-refractivity contribution >= 4 is 33.1 Å². The van der Waals surface area contributed by atoms with Gasteiger partial charge < -0.3 is 5.32 Å². The Morgan fingerprint density at radius 1 is 1.25 bits per heavy atom. The number of thiazole rings is 1. The van der Waals surface area contributed by atoms with Crippen molar-refractivity contribution in [1.82, 2.24) is 9.88 Å². The van der Waals surface area contributed by atoms with Gasteiger partial charge in [-0.25, -0.2) is 4.98 Å². The van der Waals surface area contributed by atoms with Crippen molar-refractivity contribution in [1.29, 1.82) is 5.26 Å². The molecule has 1 heterocycles. The lowest BCUT2D eigenvalue weighted by atomic mass is 10.2. The van der Waals surface area contributed by atoms with E-state index < -0.39 is 0 Å². The van der Waals surface area contributed by atoms with Crippen LogP contribution in [0.5, 0.6) is 0 Å². The van der Waals surface area contributed by atoms with Gasteiger partial charge in [0.2, 0.25) is 5.91 Å². The van der Waals surface area contributed by atoms with Gasteiger partial charge in [0.1, 0.15) is 5.01 Å². The molecule has 0 aliphatic rings. The fraction of sp³-hybridized carbons (Fsp3) is 0.167. The molecule has 0 atom stereocenters. The van der Waals surface area contributed by atoms with Crippen LogP contribution in [-0.4, -0.2) is 29.4 Å². The number of aromatic nitrogens is 1. The number of carbonyl (C=O) groups excluding carboxylic acids is 1. The number of benzene rings is 2. The normalized spacial score (nSPS) is 10.7. The van der Waals surface area contributed by atoms with E-state index in [1.54, 1.807) is 35.6 Å². The highest BCUT2D eigenvalue weighted by molar-refractivity contribution is 7.18. The summed E-state index contributed by atoms with van der Waals surface area (Å²) in [5, 5.41) is 12.6. The summed E-state index contributed by atoms with van der Waals surface area (Å²) in [5.74, 6) is -0.0941. The van der Waals surface area contributed by atoms with E-state index >= 15 is 0 Å². The standard InChI is InChI=1S/C18H16N4OS/c1-22(12-18-21-15-4-2-3-5-16(15)24-18)11-17(23)20-14-8-6-13(10-19)7-9-14/h2-9H,11-12H2,1H3,(H,20,23). The van der Waals surface area contributed by atoms with Crippen LogP contribution in [0.1, 0.15) is 10.6 Å². The molecule has 3 aromatic rings. The van der Waals surface area contributed by atoms with Crippen LogP contribution < -0.4 is 5.32 Å². The molecule has 24 heavy (non-hydrogen) atoms. The van der Waals surface area contributed by atoms with Gasteiger partial charge in [0.05, 0.1) is 34.9 Å². The first kappa shape index (κ1) is 16.1. The third-order valence-electron chi connectivity index (χ3n) is 3.45. The largest absolute Gasteiger partial charge is 0.325 e. The molecule has 0 bridgehead atoms. The molecular formula is C18H16N4OS. The molecule has 0 radical (unpaired) electrons. The summed E-state index contributed by atoms with van der Waals surface area (Å²) in [6.07, 6.45) is 0. The first-order chi connectivity index (χ1) is 11.6. The summed E-state index contributed by atoms with van der Waals surface area (Å²) >= 11 is 1.65. The average molecular weight is 336 g/mol. The molecule has 120 valence electrons. The number of nitrogens with zero attached hydrogens (tertiary/aromatic N) is 3. The molecule has 0 aliphatic heterocycles. The van der Waals surface area contributed by atoms with Crippen LogP contribution in [0.4, 0.5) is 5.69 Å². The second-order valence-electron chi connectivity index (χ2n) is 5.48. The lowest BCUT2D eigenvalue weighted by Crippen LogP contribution is -2.29. The Bertz CT molecular complexity index is 862. The number of fused-ring (bicyclic) bond motifs is 1. The first-order valence-corrected chi connectivity index (χ1v) is 8.29. The molecule has 0 aliphatic carbocycles. The highest BCUT2D eigenvalue weighted by Crippen LogP contribution is 2.22. The number of rotatable bonds is 5. The van der Waals surface area contributed by atoms with Gasteiger partial charge in [-0.15, -0.1) is 11.3 Å². The van der Waals surface area contributed by atoms with Gasteiger partial charge >= 0.3 is 0 Å². The minimum atomic E-state index is -0.0941. The summed E-state index contributed by atoms with van der Waals surface area (Å²) in [4.78, 5) is 18.6. The third-order valence-corrected chi connectivity index (χ3v) is 4.48. The fourth-order valence-corrected chi connectivity index (χ4v) is 3.40.